The molecule has 5 aromatic rings. The predicted molar refractivity (Wildman–Crippen MR) is 171 cm³/mol. The average molecular weight is 611 g/mol. The Kier molecular flexibility index (Phi) is 7.43. The largest absolute Gasteiger partial charge is 0.482 e. The van der Waals surface area contributed by atoms with Crippen LogP contribution in [0.2, 0.25) is 0 Å². The van der Waals surface area contributed by atoms with Crippen LogP contribution in [0, 0.1) is 18.7 Å². The molecule has 10 nitrogen and oxygen atoms in total. The second-order valence-corrected chi connectivity index (χ2v) is 12.5. The van der Waals surface area contributed by atoms with Crippen molar-refractivity contribution in [3.05, 3.63) is 71.4 Å². The lowest BCUT2D eigenvalue weighted by atomic mass is 9.97. The smallest absolute Gasteiger partial charge is 0.254 e. The summed E-state index contributed by atoms with van der Waals surface area (Å²) in [6.07, 6.45) is 7.43. The fourth-order valence-electron chi connectivity index (χ4n) is 6.98. The minimum Gasteiger partial charge on any atom is -0.482 e. The predicted octanol–water partition coefficient (Wildman–Crippen LogP) is 5.15. The van der Waals surface area contributed by atoms with E-state index in [9.17, 15) is 9.18 Å². The second-order valence-electron chi connectivity index (χ2n) is 12.5. The second kappa shape index (κ2) is 11.4. The summed E-state index contributed by atoms with van der Waals surface area (Å²) < 4.78 is 22.1. The van der Waals surface area contributed by atoms with Crippen molar-refractivity contribution in [3.8, 4) is 17.3 Å². The molecule has 2 saturated heterocycles. The molecule has 7 heterocycles. The van der Waals surface area contributed by atoms with E-state index >= 15 is 0 Å². The number of nitrogens with two attached hydrogens (primary N) is 2. The number of fused-ring (bicyclic) bond motifs is 4. The number of pyridine rings is 3. The number of halogens is 1. The molecule has 2 bridgehead atoms. The maximum atomic E-state index is 13.7. The Morgan fingerprint density at radius 1 is 1.09 bits per heavy atom. The molecule has 0 aromatic carbocycles. The first-order valence-electron chi connectivity index (χ1n) is 15.8. The molecule has 11 heteroatoms. The number of nitrogens with zero attached hydrogens (tertiary/aromatic N) is 6. The van der Waals surface area contributed by atoms with Gasteiger partial charge in [-0.1, -0.05) is 6.92 Å². The quantitative estimate of drug-likeness (QED) is 0.272. The summed E-state index contributed by atoms with van der Waals surface area (Å²) in [4.78, 5) is 29.2. The van der Waals surface area contributed by atoms with Gasteiger partial charge in [0.25, 0.3) is 5.91 Å². The fourth-order valence-corrected chi connectivity index (χ4v) is 6.98. The normalized spacial score (nSPS) is 20.6. The Balaban J connectivity index is 0.000000356. The summed E-state index contributed by atoms with van der Waals surface area (Å²) in [7, 11) is 1.65. The number of aromatic nitrogens is 5. The molecule has 5 aromatic heterocycles. The number of carbonyl (C=O) groups is 1. The number of aryl methyl sites for hydroxylation is 2. The highest BCUT2D eigenvalue weighted by Crippen LogP contribution is 2.40. The van der Waals surface area contributed by atoms with Gasteiger partial charge in [0.2, 0.25) is 0 Å². The van der Waals surface area contributed by atoms with Crippen LogP contribution in [0.3, 0.4) is 0 Å². The van der Waals surface area contributed by atoms with Crippen LogP contribution in [-0.2, 0) is 13.0 Å². The average Bonchev–Trinajstić information content (AvgIpc) is 3.37. The molecule has 1 aliphatic carbocycles. The molecular formula is C34H39FN8O2. The molecule has 3 fully saturated rings. The van der Waals surface area contributed by atoms with Crippen molar-refractivity contribution in [1.82, 2.24) is 28.8 Å². The van der Waals surface area contributed by atoms with E-state index in [0.717, 1.165) is 77.9 Å². The molecule has 3 unspecified atom stereocenters. The minimum absolute atomic E-state index is 0.0302. The van der Waals surface area contributed by atoms with E-state index in [0.29, 0.717) is 23.2 Å². The van der Waals surface area contributed by atoms with Crippen molar-refractivity contribution in [3.63, 3.8) is 0 Å². The number of carbonyl (C=O) groups excluding carboxylic acids is 1. The summed E-state index contributed by atoms with van der Waals surface area (Å²) in [5, 5.41) is 1.13. The Labute approximate surface area is 261 Å². The summed E-state index contributed by atoms with van der Waals surface area (Å²) in [5.74, 6) is 1.32. The van der Waals surface area contributed by atoms with Gasteiger partial charge in [-0.3, -0.25) is 9.20 Å². The first-order valence-corrected chi connectivity index (χ1v) is 15.8. The molecule has 3 atom stereocenters. The Hall–Kier alpha value is -4.51. The third-order valence-electron chi connectivity index (χ3n) is 9.49. The molecule has 3 aliphatic rings. The van der Waals surface area contributed by atoms with Gasteiger partial charge in [-0.05, 0) is 87.8 Å². The lowest BCUT2D eigenvalue weighted by Crippen LogP contribution is -2.40. The molecule has 0 radical (unpaired) electrons. The highest BCUT2D eigenvalue weighted by atomic mass is 19.1. The van der Waals surface area contributed by atoms with Crippen LogP contribution >= 0.6 is 0 Å². The van der Waals surface area contributed by atoms with E-state index in [-0.39, 0.29) is 29.8 Å². The summed E-state index contributed by atoms with van der Waals surface area (Å²) in [6, 6.07) is 13.4. The number of methoxy groups -OCH3 is 1. The number of hydrogen-bond donors (Lipinski definition) is 2. The maximum absolute atomic E-state index is 13.7. The van der Waals surface area contributed by atoms with E-state index in [2.05, 4.69) is 41.6 Å². The van der Waals surface area contributed by atoms with Crippen LogP contribution in [0.25, 0.3) is 28.1 Å². The van der Waals surface area contributed by atoms with Gasteiger partial charge < -0.3 is 25.7 Å². The zero-order chi connectivity index (χ0) is 31.4. The molecule has 2 aliphatic heterocycles. The molecule has 45 heavy (non-hydrogen) atoms. The molecule has 234 valence electrons. The highest BCUT2D eigenvalue weighted by Gasteiger charge is 2.47. The number of ether oxygens (including phenoxy) is 1. The van der Waals surface area contributed by atoms with Crippen LogP contribution < -0.4 is 16.2 Å². The van der Waals surface area contributed by atoms with Crippen molar-refractivity contribution in [1.29, 1.82) is 0 Å². The molecule has 8 rings (SSSR count). The monoisotopic (exact) mass is 610 g/mol. The lowest BCUT2D eigenvalue weighted by molar-refractivity contribution is 0.0726. The van der Waals surface area contributed by atoms with Crippen LogP contribution in [0.4, 0.5) is 10.2 Å². The van der Waals surface area contributed by atoms with E-state index in [4.69, 9.17) is 26.2 Å². The van der Waals surface area contributed by atoms with Crippen LogP contribution in [0.15, 0.2) is 48.7 Å². The molecule has 1 saturated carbocycles. The van der Waals surface area contributed by atoms with E-state index in [1.807, 2.05) is 21.4 Å². The molecular weight excluding hydrogens is 571 g/mol. The van der Waals surface area contributed by atoms with E-state index < -0.39 is 0 Å². The number of anilines is 1. The van der Waals surface area contributed by atoms with Crippen LogP contribution in [0.1, 0.15) is 60.8 Å². The number of rotatable bonds is 6. The van der Waals surface area contributed by atoms with Gasteiger partial charge in [0.15, 0.2) is 5.88 Å². The molecule has 1 amide bonds. The topological polar surface area (TPSA) is 130 Å². The Morgan fingerprint density at radius 3 is 2.53 bits per heavy atom. The van der Waals surface area contributed by atoms with Crippen molar-refractivity contribution >= 4 is 28.4 Å². The van der Waals surface area contributed by atoms with Crippen molar-refractivity contribution in [2.24, 2.45) is 11.7 Å². The van der Waals surface area contributed by atoms with Gasteiger partial charge in [0, 0.05) is 47.4 Å². The van der Waals surface area contributed by atoms with Gasteiger partial charge in [-0.15, -0.1) is 0 Å². The highest BCUT2D eigenvalue weighted by molar-refractivity contribution is 5.96. The lowest BCUT2D eigenvalue weighted by Gasteiger charge is -2.23. The first kappa shape index (κ1) is 29.2. The Bertz CT molecular complexity index is 1870. The zero-order valence-electron chi connectivity index (χ0n) is 25.9. The summed E-state index contributed by atoms with van der Waals surface area (Å²) in [5.41, 5.74) is 17.9. The SMILES string of the molecule is CCc1ccc2cc(-c3nc4cc(C(=O)N5C6CCC5C(N)C6)cc(OC)n4c3C)n(CC3CC3)c2n1.Nc1ccc(F)cn1. The summed E-state index contributed by atoms with van der Waals surface area (Å²) >= 11 is 0. The van der Waals surface area contributed by atoms with Gasteiger partial charge in [-0.25, -0.2) is 19.3 Å². The number of amides is 1. The standard InChI is InChI=1S/C29H34N6O2.C5H5FN2/c1-4-20-8-7-18-11-24(33(28(18)31-20)15-17-5-6-17)27-16(2)34-25(32-27)12-19(13-26(34)37-3)29(36)35-21-9-10-23(35)22(30)14-21;6-4-1-2-5(7)8-3-4/h7-8,11-13,17,21-23H,4-6,9-10,14-15,30H2,1-3H3;1-3H,(H2,7,8). The molecule has 0 spiro atoms. The van der Waals surface area contributed by atoms with Gasteiger partial charge >= 0.3 is 0 Å². The number of nitrogen functional groups attached to an aromatic ring is 1. The van der Waals surface area contributed by atoms with Crippen molar-refractivity contribution in [2.75, 3.05) is 12.8 Å². The van der Waals surface area contributed by atoms with Crippen LogP contribution in [-0.4, -0.2) is 60.0 Å². The number of hydrogen-bond acceptors (Lipinski definition) is 7. The van der Waals surface area contributed by atoms with E-state index in [1.165, 1.54) is 25.0 Å². The van der Waals surface area contributed by atoms with Crippen molar-refractivity contribution < 1.29 is 13.9 Å². The van der Waals surface area contributed by atoms with Gasteiger partial charge in [0.05, 0.1) is 24.7 Å². The number of imidazole rings is 1. The Morgan fingerprint density at radius 2 is 1.91 bits per heavy atom. The minimum atomic E-state index is -0.362. The summed E-state index contributed by atoms with van der Waals surface area (Å²) in [6.45, 7) is 5.16. The maximum Gasteiger partial charge on any atom is 0.254 e. The third kappa shape index (κ3) is 5.28. The third-order valence-corrected chi connectivity index (χ3v) is 9.49. The first-order chi connectivity index (χ1) is 21.7. The zero-order valence-corrected chi connectivity index (χ0v) is 25.9. The van der Waals surface area contributed by atoms with Crippen molar-refractivity contribution in [2.45, 2.75) is 77.0 Å². The van der Waals surface area contributed by atoms with Gasteiger partial charge in [0.1, 0.15) is 28.6 Å². The van der Waals surface area contributed by atoms with E-state index in [1.54, 1.807) is 7.11 Å². The molecule has 4 N–H and O–H groups in total. The van der Waals surface area contributed by atoms with Gasteiger partial charge in [-0.2, -0.15) is 0 Å². The fraction of sp³-hybridized carbons (Fsp3) is 0.412. The van der Waals surface area contributed by atoms with Crippen LogP contribution in [0.5, 0.6) is 5.88 Å².